The van der Waals surface area contributed by atoms with E-state index in [9.17, 15) is 9.59 Å². The lowest BCUT2D eigenvalue weighted by Gasteiger charge is -2.08. The maximum absolute atomic E-state index is 11.5. The zero-order chi connectivity index (χ0) is 9.90. The molecule has 2 nitrogen and oxygen atoms in total. The Balaban J connectivity index is 2.52. The molecule has 0 amide bonds. The molecule has 1 aliphatic rings. The van der Waals surface area contributed by atoms with Crippen molar-refractivity contribution in [2.45, 2.75) is 39.5 Å². The van der Waals surface area contributed by atoms with Crippen LogP contribution in [0.3, 0.4) is 0 Å². The van der Waals surface area contributed by atoms with Crippen molar-refractivity contribution in [2.24, 2.45) is 5.41 Å². The summed E-state index contributed by atoms with van der Waals surface area (Å²) in [6.07, 6.45) is 5.64. The largest absolute Gasteiger partial charge is 0.303 e. The summed E-state index contributed by atoms with van der Waals surface area (Å²) in [7, 11) is 0. The van der Waals surface area contributed by atoms with Crippen LogP contribution in [0.15, 0.2) is 11.6 Å². The van der Waals surface area contributed by atoms with Gasteiger partial charge < -0.3 is 4.79 Å². The molecule has 1 rings (SSSR count). The Labute approximate surface area is 79.0 Å². The highest BCUT2D eigenvalue weighted by atomic mass is 16.1. The SMILES string of the molecule is CC(C)=CCC1(C(=O)CC=O)CC1. The zero-order valence-corrected chi connectivity index (χ0v) is 8.30. The maximum atomic E-state index is 11.5. The highest BCUT2D eigenvalue weighted by Gasteiger charge is 2.47. The molecule has 0 atom stereocenters. The normalized spacial score (nSPS) is 17.7. The predicted molar refractivity (Wildman–Crippen MR) is 51.4 cm³/mol. The summed E-state index contributed by atoms with van der Waals surface area (Å²) in [5, 5.41) is 0. The standard InChI is InChI=1S/C11H16O2/c1-9(2)3-5-11(6-7-11)10(13)4-8-12/h3,8H,4-7H2,1-2H3. The smallest absolute Gasteiger partial charge is 0.146 e. The van der Waals surface area contributed by atoms with E-state index in [1.165, 1.54) is 5.57 Å². The number of ketones is 1. The fraction of sp³-hybridized carbons (Fsp3) is 0.636. The topological polar surface area (TPSA) is 34.1 Å². The molecule has 72 valence electrons. The Morgan fingerprint density at radius 1 is 1.38 bits per heavy atom. The quantitative estimate of drug-likeness (QED) is 0.369. The van der Waals surface area contributed by atoms with Gasteiger partial charge in [0, 0.05) is 5.41 Å². The van der Waals surface area contributed by atoms with Crippen molar-refractivity contribution in [1.29, 1.82) is 0 Å². The minimum absolute atomic E-state index is 0.0939. The van der Waals surface area contributed by atoms with Crippen LogP contribution in [0.5, 0.6) is 0 Å². The van der Waals surface area contributed by atoms with Crippen LogP contribution < -0.4 is 0 Å². The highest BCUT2D eigenvalue weighted by Crippen LogP contribution is 2.50. The molecule has 0 aromatic heterocycles. The van der Waals surface area contributed by atoms with Crippen molar-refractivity contribution >= 4 is 12.1 Å². The first kappa shape index (κ1) is 10.2. The molecule has 0 bridgehead atoms. The first-order valence-electron chi connectivity index (χ1n) is 4.71. The summed E-state index contributed by atoms with van der Waals surface area (Å²) in [6.45, 7) is 4.06. The number of aldehydes is 1. The third kappa shape index (κ3) is 2.51. The molecule has 0 N–H and O–H groups in total. The maximum Gasteiger partial charge on any atom is 0.146 e. The van der Waals surface area contributed by atoms with Gasteiger partial charge in [0.15, 0.2) is 0 Å². The second-order valence-electron chi connectivity index (χ2n) is 4.06. The van der Waals surface area contributed by atoms with Crippen molar-refractivity contribution in [1.82, 2.24) is 0 Å². The second kappa shape index (κ2) is 3.86. The van der Waals surface area contributed by atoms with E-state index in [2.05, 4.69) is 6.08 Å². The third-order valence-corrected chi connectivity index (χ3v) is 2.61. The lowest BCUT2D eigenvalue weighted by Crippen LogP contribution is -2.15. The lowest BCUT2D eigenvalue weighted by molar-refractivity contribution is -0.126. The van der Waals surface area contributed by atoms with E-state index < -0.39 is 0 Å². The van der Waals surface area contributed by atoms with Gasteiger partial charge in [0.05, 0.1) is 6.42 Å². The molecular weight excluding hydrogens is 164 g/mol. The predicted octanol–water partition coefficient (Wildman–Crippen LogP) is 2.28. The van der Waals surface area contributed by atoms with Gasteiger partial charge in [0.25, 0.3) is 0 Å². The minimum atomic E-state index is -0.155. The molecular formula is C11H16O2. The van der Waals surface area contributed by atoms with Crippen molar-refractivity contribution in [2.75, 3.05) is 0 Å². The number of carbonyl (C=O) groups excluding carboxylic acids is 2. The Hall–Kier alpha value is -0.920. The highest BCUT2D eigenvalue weighted by molar-refractivity contribution is 5.95. The summed E-state index contributed by atoms with van der Waals surface area (Å²) >= 11 is 0. The van der Waals surface area contributed by atoms with Crippen LogP contribution in [-0.2, 0) is 9.59 Å². The molecule has 1 fully saturated rings. The lowest BCUT2D eigenvalue weighted by atomic mass is 9.94. The van der Waals surface area contributed by atoms with Gasteiger partial charge >= 0.3 is 0 Å². The van der Waals surface area contributed by atoms with Crippen molar-refractivity contribution in [3.8, 4) is 0 Å². The van der Waals surface area contributed by atoms with Gasteiger partial charge in [0.1, 0.15) is 12.1 Å². The molecule has 1 saturated carbocycles. The molecule has 2 heteroatoms. The van der Waals surface area contributed by atoms with Crippen LogP contribution in [0.1, 0.15) is 39.5 Å². The summed E-state index contributed by atoms with van der Waals surface area (Å²) in [5.41, 5.74) is 1.09. The second-order valence-corrected chi connectivity index (χ2v) is 4.06. The molecule has 0 aliphatic heterocycles. The van der Waals surface area contributed by atoms with E-state index in [1.807, 2.05) is 13.8 Å². The molecule has 13 heavy (non-hydrogen) atoms. The Morgan fingerprint density at radius 3 is 2.38 bits per heavy atom. The van der Waals surface area contributed by atoms with Crippen molar-refractivity contribution in [3.05, 3.63) is 11.6 Å². The first-order chi connectivity index (χ1) is 6.10. The van der Waals surface area contributed by atoms with Gasteiger partial charge in [-0.15, -0.1) is 0 Å². The number of allylic oxidation sites excluding steroid dienone is 2. The van der Waals surface area contributed by atoms with Crippen molar-refractivity contribution < 1.29 is 9.59 Å². The summed E-state index contributed by atoms with van der Waals surface area (Å²) in [5.74, 6) is 0.125. The first-order valence-corrected chi connectivity index (χ1v) is 4.71. The van der Waals surface area contributed by atoms with Crippen LogP contribution >= 0.6 is 0 Å². The zero-order valence-electron chi connectivity index (χ0n) is 8.30. The third-order valence-electron chi connectivity index (χ3n) is 2.61. The number of Topliss-reactive ketones (excluding diaryl/α,β-unsaturated/α-hetero) is 1. The van der Waals surface area contributed by atoms with E-state index in [-0.39, 0.29) is 17.6 Å². The van der Waals surface area contributed by atoms with Crippen LogP contribution in [-0.4, -0.2) is 12.1 Å². The number of hydrogen-bond acceptors (Lipinski definition) is 2. The fourth-order valence-corrected chi connectivity index (χ4v) is 1.44. The van der Waals surface area contributed by atoms with Crippen LogP contribution in [0.4, 0.5) is 0 Å². The van der Waals surface area contributed by atoms with E-state index >= 15 is 0 Å². The van der Waals surface area contributed by atoms with E-state index in [0.717, 1.165) is 19.3 Å². The van der Waals surface area contributed by atoms with Gasteiger partial charge in [0.2, 0.25) is 0 Å². The van der Waals surface area contributed by atoms with Crippen molar-refractivity contribution in [3.63, 3.8) is 0 Å². The average molecular weight is 180 g/mol. The van der Waals surface area contributed by atoms with E-state index in [4.69, 9.17) is 0 Å². The Morgan fingerprint density at radius 2 is 2.00 bits per heavy atom. The fourth-order valence-electron chi connectivity index (χ4n) is 1.44. The summed E-state index contributed by atoms with van der Waals surface area (Å²) in [4.78, 5) is 21.7. The molecule has 1 aliphatic carbocycles. The molecule has 0 aromatic rings. The average Bonchev–Trinajstić information content (AvgIpc) is 2.82. The Bertz CT molecular complexity index is 243. The molecule has 0 saturated heterocycles. The molecule has 0 aromatic carbocycles. The van der Waals surface area contributed by atoms with Gasteiger partial charge in [-0.25, -0.2) is 0 Å². The Kier molecular flexibility index (Phi) is 3.02. The number of hydrogen-bond donors (Lipinski definition) is 0. The minimum Gasteiger partial charge on any atom is -0.303 e. The molecule has 0 radical (unpaired) electrons. The van der Waals surface area contributed by atoms with Gasteiger partial charge in [-0.1, -0.05) is 11.6 Å². The van der Waals surface area contributed by atoms with E-state index in [0.29, 0.717) is 6.29 Å². The van der Waals surface area contributed by atoms with Crippen LogP contribution in [0.25, 0.3) is 0 Å². The van der Waals surface area contributed by atoms with E-state index in [1.54, 1.807) is 0 Å². The number of carbonyl (C=O) groups is 2. The molecule has 0 spiro atoms. The van der Waals surface area contributed by atoms with Gasteiger partial charge in [-0.05, 0) is 33.1 Å². The summed E-state index contributed by atoms with van der Waals surface area (Å²) < 4.78 is 0. The number of rotatable bonds is 5. The van der Waals surface area contributed by atoms with Crippen LogP contribution in [0.2, 0.25) is 0 Å². The van der Waals surface area contributed by atoms with Crippen LogP contribution in [0, 0.1) is 5.41 Å². The summed E-state index contributed by atoms with van der Waals surface area (Å²) in [6, 6.07) is 0. The van der Waals surface area contributed by atoms with Gasteiger partial charge in [-0.3, -0.25) is 4.79 Å². The molecule has 0 heterocycles. The monoisotopic (exact) mass is 180 g/mol. The van der Waals surface area contributed by atoms with Gasteiger partial charge in [-0.2, -0.15) is 0 Å². The molecule has 0 unspecified atom stereocenters.